The first-order chi connectivity index (χ1) is 10.7. The molecule has 22 heavy (non-hydrogen) atoms. The Hall–Kier alpha value is -1.22. The molecule has 0 N–H and O–H groups in total. The minimum atomic E-state index is -0.695. The van der Waals surface area contributed by atoms with Gasteiger partial charge in [-0.25, -0.2) is 0 Å². The number of nitrogens with zero attached hydrogens (tertiary/aromatic N) is 2. The van der Waals surface area contributed by atoms with E-state index in [0.717, 1.165) is 0 Å². The standard InChI is InChI=1S/C14H24N2O6/c1-19-13(17)11(15-3-7-21-8-4-15)12(14(18)20-2)16-5-9-22-10-6-16/h11-12H,3-10H2,1-2H3/t11-,12-/m1/s1. The lowest BCUT2D eigenvalue weighted by Crippen LogP contribution is -2.63. The van der Waals surface area contributed by atoms with E-state index in [2.05, 4.69) is 0 Å². The smallest absolute Gasteiger partial charge is 0.325 e. The summed E-state index contributed by atoms with van der Waals surface area (Å²) in [5.41, 5.74) is 0. The van der Waals surface area contributed by atoms with Crippen molar-refractivity contribution >= 4 is 11.9 Å². The van der Waals surface area contributed by atoms with Crippen molar-refractivity contribution in [3.8, 4) is 0 Å². The third-order valence-electron chi connectivity index (χ3n) is 4.06. The van der Waals surface area contributed by atoms with E-state index in [9.17, 15) is 9.59 Å². The molecular formula is C14H24N2O6. The minimum Gasteiger partial charge on any atom is -0.468 e. The van der Waals surface area contributed by atoms with Crippen molar-refractivity contribution in [3.05, 3.63) is 0 Å². The number of hydrogen-bond donors (Lipinski definition) is 0. The first-order valence-corrected chi connectivity index (χ1v) is 7.48. The van der Waals surface area contributed by atoms with E-state index in [1.165, 1.54) is 14.2 Å². The van der Waals surface area contributed by atoms with E-state index >= 15 is 0 Å². The van der Waals surface area contributed by atoms with Crippen molar-refractivity contribution in [2.45, 2.75) is 12.1 Å². The number of esters is 2. The van der Waals surface area contributed by atoms with E-state index in [-0.39, 0.29) is 0 Å². The molecule has 2 aliphatic heterocycles. The van der Waals surface area contributed by atoms with Crippen molar-refractivity contribution < 1.29 is 28.5 Å². The van der Waals surface area contributed by atoms with Gasteiger partial charge in [0.05, 0.1) is 40.6 Å². The number of rotatable bonds is 5. The summed E-state index contributed by atoms with van der Waals surface area (Å²) in [7, 11) is 2.67. The van der Waals surface area contributed by atoms with Gasteiger partial charge >= 0.3 is 11.9 Å². The van der Waals surface area contributed by atoms with E-state index in [1.807, 2.05) is 9.80 Å². The Morgan fingerprint density at radius 2 is 1.09 bits per heavy atom. The molecular weight excluding hydrogens is 292 g/mol. The average molecular weight is 316 g/mol. The Morgan fingerprint density at radius 3 is 1.36 bits per heavy atom. The van der Waals surface area contributed by atoms with Gasteiger partial charge in [-0.3, -0.25) is 19.4 Å². The van der Waals surface area contributed by atoms with Gasteiger partial charge in [0, 0.05) is 26.2 Å². The third kappa shape index (κ3) is 3.95. The highest BCUT2D eigenvalue weighted by molar-refractivity contribution is 5.87. The van der Waals surface area contributed by atoms with Crippen molar-refractivity contribution in [1.29, 1.82) is 0 Å². The summed E-state index contributed by atoms with van der Waals surface area (Å²) in [6, 6.07) is -1.39. The van der Waals surface area contributed by atoms with Gasteiger partial charge in [0.1, 0.15) is 12.1 Å². The van der Waals surface area contributed by atoms with E-state index in [4.69, 9.17) is 18.9 Å². The van der Waals surface area contributed by atoms with Crippen LogP contribution in [0.3, 0.4) is 0 Å². The lowest BCUT2D eigenvalue weighted by molar-refractivity contribution is -0.165. The maximum absolute atomic E-state index is 12.3. The predicted octanol–water partition coefficient (Wildman–Crippen LogP) is -1.27. The van der Waals surface area contributed by atoms with Crippen LogP contribution in [0.1, 0.15) is 0 Å². The SMILES string of the molecule is COC(=O)[C@@H]([C@H](C(=O)OC)N1CCOCC1)N1CCOCC1. The van der Waals surface area contributed by atoms with Crippen LogP contribution in [0.4, 0.5) is 0 Å². The largest absolute Gasteiger partial charge is 0.468 e. The van der Waals surface area contributed by atoms with Gasteiger partial charge in [0.2, 0.25) is 0 Å². The second-order valence-corrected chi connectivity index (χ2v) is 5.23. The zero-order valence-electron chi connectivity index (χ0n) is 13.2. The second-order valence-electron chi connectivity index (χ2n) is 5.23. The molecule has 2 rings (SSSR count). The van der Waals surface area contributed by atoms with E-state index < -0.39 is 24.0 Å². The number of morpholine rings is 2. The summed E-state index contributed by atoms with van der Waals surface area (Å²) in [6.07, 6.45) is 0. The number of methoxy groups -OCH3 is 2. The summed E-state index contributed by atoms with van der Waals surface area (Å²) >= 11 is 0. The van der Waals surface area contributed by atoms with Crippen LogP contribution in [0.15, 0.2) is 0 Å². The molecule has 2 heterocycles. The highest BCUT2D eigenvalue weighted by Gasteiger charge is 2.44. The Kier molecular flexibility index (Phi) is 6.56. The molecule has 0 aromatic rings. The molecule has 0 aromatic carbocycles. The van der Waals surface area contributed by atoms with Crippen LogP contribution < -0.4 is 0 Å². The Balaban J connectivity index is 2.24. The summed E-state index contributed by atoms with van der Waals surface area (Å²) in [5, 5.41) is 0. The zero-order chi connectivity index (χ0) is 15.9. The van der Waals surface area contributed by atoms with Crippen LogP contribution >= 0.6 is 0 Å². The number of carbonyl (C=O) groups excluding carboxylic acids is 2. The number of carbonyl (C=O) groups is 2. The molecule has 0 spiro atoms. The molecule has 126 valence electrons. The molecule has 2 aliphatic rings. The van der Waals surface area contributed by atoms with Gasteiger partial charge in [-0.15, -0.1) is 0 Å². The second kappa shape index (κ2) is 8.42. The minimum absolute atomic E-state index is 0.427. The van der Waals surface area contributed by atoms with E-state index in [0.29, 0.717) is 52.6 Å². The highest BCUT2D eigenvalue weighted by Crippen LogP contribution is 2.18. The molecule has 0 unspecified atom stereocenters. The number of hydrogen-bond acceptors (Lipinski definition) is 8. The Bertz CT molecular complexity index is 344. The van der Waals surface area contributed by atoms with Gasteiger partial charge in [0.25, 0.3) is 0 Å². The molecule has 8 nitrogen and oxygen atoms in total. The molecule has 0 aromatic heterocycles. The molecule has 0 radical (unpaired) electrons. The zero-order valence-corrected chi connectivity index (χ0v) is 13.2. The van der Waals surface area contributed by atoms with Gasteiger partial charge < -0.3 is 18.9 Å². The molecule has 0 amide bonds. The Labute approximate surface area is 130 Å². The first kappa shape index (κ1) is 17.1. The maximum atomic E-state index is 12.3. The van der Waals surface area contributed by atoms with Crippen LogP contribution in [0.2, 0.25) is 0 Å². The predicted molar refractivity (Wildman–Crippen MR) is 76.4 cm³/mol. The fourth-order valence-electron chi connectivity index (χ4n) is 2.91. The van der Waals surface area contributed by atoms with Crippen molar-refractivity contribution in [2.75, 3.05) is 66.8 Å². The third-order valence-corrected chi connectivity index (χ3v) is 4.06. The van der Waals surface area contributed by atoms with Crippen molar-refractivity contribution in [3.63, 3.8) is 0 Å². The quantitative estimate of drug-likeness (QED) is 0.581. The fraction of sp³-hybridized carbons (Fsp3) is 0.857. The Morgan fingerprint density at radius 1 is 0.773 bits per heavy atom. The van der Waals surface area contributed by atoms with Crippen LogP contribution in [0, 0.1) is 0 Å². The van der Waals surface area contributed by atoms with Gasteiger partial charge in [-0.05, 0) is 0 Å². The van der Waals surface area contributed by atoms with Crippen LogP contribution in [0.25, 0.3) is 0 Å². The van der Waals surface area contributed by atoms with Gasteiger partial charge in [0.15, 0.2) is 0 Å². The monoisotopic (exact) mass is 316 g/mol. The summed E-state index contributed by atoms with van der Waals surface area (Å²) in [4.78, 5) is 28.6. The topological polar surface area (TPSA) is 77.5 Å². The number of ether oxygens (including phenoxy) is 4. The van der Waals surface area contributed by atoms with Crippen LogP contribution in [0.5, 0.6) is 0 Å². The molecule has 2 fully saturated rings. The molecule has 2 saturated heterocycles. The first-order valence-electron chi connectivity index (χ1n) is 7.48. The van der Waals surface area contributed by atoms with Gasteiger partial charge in [-0.1, -0.05) is 0 Å². The summed E-state index contributed by atoms with van der Waals surface area (Å²) < 4.78 is 20.6. The highest BCUT2D eigenvalue weighted by atomic mass is 16.5. The molecule has 0 bridgehead atoms. The normalized spacial score (nSPS) is 23.5. The molecule has 0 saturated carbocycles. The maximum Gasteiger partial charge on any atom is 0.325 e. The van der Waals surface area contributed by atoms with E-state index in [1.54, 1.807) is 0 Å². The average Bonchev–Trinajstić information content (AvgIpc) is 2.59. The summed E-state index contributed by atoms with van der Waals surface area (Å²) in [6.45, 7) is 4.45. The molecule has 2 atom stereocenters. The van der Waals surface area contributed by atoms with Gasteiger partial charge in [-0.2, -0.15) is 0 Å². The van der Waals surface area contributed by atoms with Crippen LogP contribution in [-0.4, -0.2) is 101 Å². The van der Waals surface area contributed by atoms with Crippen LogP contribution in [-0.2, 0) is 28.5 Å². The van der Waals surface area contributed by atoms with Crippen molar-refractivity contribution in [2.24, 2.45) is 0 Å². The summed E-state index contributed by atoms with van der Waals surface area (Å²) in [5.74, 6) is -0.854. The van der Waals surface area contributed by atoms with Crippen molar-refractivity contribution in [1.82, 2.24) is 9.80 Å². The fourth-order valence-corrected chi connectivity index (χ4v) is 2.91. The lowest BCUT2D eigenvalue weighted by Gasteiger charge is -2.41. The molecule has 0 aliphatic carbocycles. The lowest BCUT2D eigenvalue weighted by atomic mass is 10.0. The molecule has 8 heteroatoms.